The van der Waals surface area contributed by atoms with Crippen LogP contribution in [-0.4, -0.2) is 36.6 Å². The number of benzene rings is 1. The van der Waals surface area contributed by atoms with Gasteiger partial charge in [-0.05, 0) is 45.4 Å². The Morgan fingerprint density at radius 2 is 1.75 bits per heavy atom. The van der Waals surface area contributed by atoms with Gasteiger partial charge in [-0.3, -0.25) is 4.90 Å². The first-order valence-corrected chi connectivity index (χ1v) is 7.72. The highest BCUT2D eigenvalue weighted by Crippen LogP contribution is 2.30. The van der Waals surface area contributed by atoms with Gasteiger partial charge in [0.05, 0.1) is 10.7 Å². The summed E-state index contributed by atoms with van der Waals surface area (Å²) >= 11 is 6.42. The lowest BCUT2D eigenvalue weighted by atomic mass is 10.0. The van der Waals surface area contributed by atoms with E-state index in [9.17, 15) is 0 Å². The fraction of sp³-hybridized carbons (Fsp3) is 0.625. The number of halogens is 1. The van der Waals surface area contributed by atoms with Gasteiger partial charge in [-0.1, -0.05) is 17.7 Å². The van der Waals surface area contributed by atoms with Crippen molar-refractivity contribution in [2.24, 2.45) is 5.73 Å². The summed E-state index contributed by atoms with van der Waals surface area (Å²) in [5.41, 5.74) is 8.36. The molecule has 2 N–H and O–H groups in total. The zero-order valence-corrected chi connectivity index (χ0v) is 13.7. The predicted molar refractivity (Wildman–Crippen MR) is 87.6 cm³/mol. The minimum absolute atomic E-state index is 0.0271. The molecule has 1 aromatic carbocycles. The quantitative estimate of drug-likeness (QED) is 0.909. The highest BCUT2D eigenvalue weighted by molar-refractivity contribution is 6.33. The van der Waals surface area contributed by atoms with Crippen molar-refractivity contribution in [2.45, 2.75) is 39.3 Å². The van der Waals surface area contributed by atoms with Gasteiger partial charge in [0.1, 0.15) is 0 Å². The molecule has 1 aliphatic rings. The first-order chi connectivity index (χ1) is 9.29. The average molecular weight is 296 g/mol. The van der Waals surface area contributed by atoms with E-state index in [1.165, 1.54) is 0 Å². The van der Waals surface area contributed by atoms with Crippen molar-refractivity contribution in [1.82, 2.24) is 4.90 Å². The van der Waals surface area contributed by atoms with Gasteiger partial charge in [0.25, 0.3) is 0 Å². The number of hydrogen-bond acceptors (Lipinski definition) is 3. The summed E-state index contributed by atoms with van der Waals surface area (Å²) in [6.07, 6.45) is 0. The molecule has 0 spiro atoms. The lowest BCUT2D eigenvalue weighted by molar-refractivity contribution is 0.128. The van der Waals surface area contributed by atoms with Crippen molar-refractivity contribution >= 4 is 17.3 Å². The Bertz CT molecular complexity index is 457. The minimum atomic E-state index is 0.0271. The SMILES string of the molecule is C[C@H](N)c1ccc(N2CCN(C(C)(C)C)CC2)c(Cl)c1. The zero-order valence-electron chi connectivity index (χ0n) is 13.0. The van der Waals surface area contributed by atoms with Crippen molar-refractivity contribution in [3.05, 3.63) is 28.8 Å². The van der Waals surface area contributed by atoms with Gasteiger partial charge in [-0.15, -0.1) is 0 Å². The third kappa shape index (κ3) is 3.46. The van der Waals surface area contributed by atoms with E-state index in [1.807, 2.05) is 13.0 Å². The van der Waals surface area contributed by atoms with Crippen LogP contribution in [-0.2, 0) is 0 Å². The van der Waals surface area contributed by atoms with Crippen LogP contribution in [0.3, 0.4) is 0 Å². The molecule has 0 radical (unpaired) electrons. The first kappa shape index (κ1) is 15.6. The Morgan fingerprint density at radius 1 is 1.15 bits per heavy atom. The normalized spacial score (nSPS) is 19.2. The number of piperazine rings is 1. The van der Waals surface area contributed by atoms with E-state index < -0.39 is 0 Å². The van der Waals surface area contributed by atoms with Crippen LogP contribution < -0.4 is 10.6 Å². The number of rotatable bonds is 2. The molecule has 0 bridgehead atoms. The summed E-state index contributed by atoms with van der Waals surface area (Å²) in [7, 11) is 0. The van der Waals surface area contributed by atoms with Gasteiger partial charge >= 0.3 is 0 Å². The summed E-state index contributed by atoms with van der Waals surface area (Å²) in [6.45, 7) is 13.0. The lowest BCUT2D eigenvalue weighted by Crippen LogP contribution is -2.53. The number of hydrogen-bond donors (Lipinski definition) is 1. The van der Waals surface area contributed by atoms with Gasteiger partial charge in [0.2, 0.25) is 0 Å². The molecule has 0 amide bonds. The van der Waals surface area contributed by atoms with E-state index in [4.69, 9.17) is 17.3 Å². The molecule has 20 heavy (non-hydrogen) atoms. The van der Waals surface area contributed by atoms with E-state index in [0.717, 1.165) is 42.5 Å². The fourth-order valence-electron chi connectivity index (χ4n) is 2.68. The largest absolute Gasteiger partial charge is 0.368 e. The zero-order chi connectivity index (χ0) is 14.9. The van der Waals surface area contributed by atoms with Crippen molar-refractivity contribution in [3.63, 3.8) is 0 Å². The Hall–Kier alpha value is -0.770. The first-order valence-electron chi connectivity index (χ1n) is 7.34. The molecule has 112 valence electrons. The van der Waals surface area contributed by atoms with Crippen molar-refractivity contribution in [3.8, 4) is 0 Å². The van der Waals surface area contributed by atoms with Crippen LogP contribution in [0.1, 0.15) is 39.3 Å². The molecule has 4 heteroatoms. The Labute approximate surface area is 127 Å². The summed E-state index contributed by atoms with van der Waals surface area (Å²) in [5.74, 6) is 0. The molecule has 0 aliphatic carbocycles. The molecule has 1 heterocycles. The Kier molecular flexibility index (Phi) is 4.62. The second-order valence-electron chi connectivity index (χ2n) is 6.64. The Balaban J connectivity index is 2.07. The smallest absolute Gasteiger partial charge is 0.0642 e. The van der Waals surface area contributed by atoms with Crippen LogP contribution in [0.25, 0.3) is 0 Å². The fourth-order valence-corrected chi connectivity index (χ4v) is 2.99. The summed E-state index contributed by atoms with van der Waals surface area (Å²) in [5, 5.41) is 0.809. The molecular formula is C16H26ClN3. The Morgan fingerprint density at radius 3 is 2.20 bits per heavy atom. The maximum atomic E-state index is 6.42. The third-order valence-corrected chi connectivity index (χ3v) is 4.37. The molecule has 0 unspecified atom stereocenters. The molecule has 1 aromatic rings. The van der Waals surface area contributed by atoms with Crippen LogP contribution in [0.15, 0.2) is 18.2 Å². The summed E-state index contributed by atoms with van der Waals surface area (Å²) < 4.78 is 0. The maximum absolute atomic E-state index is 6.42. The second-order valence-corrected chi connectivity index (χ2v) is 7.05. The van der Waals surface area contributed by atoms with E-state index in [-0.39, 0.29) is 11.6 Å². The minimum Gasteiger partial charge on any atom is -0.368 e. The summed E-state index contributed by atoms with van der Waals surface area (Å²) in [6, 6.07) is 6.22. The standard InChI is InChI=1S/C16H26ClN3/c1-12(18)13-5-6-15(14(17)11-13)19-7-9-20(10-8-19)16(2,3)4/h5-6,11-12H,7-10,18H2,1-4H3/t12-/m0/s1. The third-order valence-electron chi connectivity index (χ3n) is 4.07. The van der Waals surface area contributed by atoms with Crippen LogP contribution in [0.4, 0.5) is 5.69 Å². The average Bonchev–Trinajstić information content (AvgIpc) is 2.37. The number of nitrogens with zero attached hydrogens (tertiary/aromatic N) is 2. The van der Waals surface area contributed by atoms with Crippen LogP contribution in [0, 0.1) is 0 Å². The van der Waals surface area contributed by atoms with Crippen molar-refractivity contribution in [2.75, 3.05) is 31.1 Å². The van der Waals surface area contributed by atoms with Crippen LogP contribution in [0.5, 0.6) is 0 Å². The van der Waals surface area contributed by atoms with Crippen LogP contribution >= 0.6 is 11.6 Å². The molecule has 0 saturated carbocycles. The maximum Gasteiger partial charge on any atom is 0.0642 e. The number of nitrogens with two attached hydrogens (primary N) is 1. The molecule has 0 aromatic heterocycles. The van der Waals surface area contributed by atoms with E-state index >= 15 is 0 Å². The topological polar surface area (TPSA) is 32.5 Å². The van der Waals surface area contributed by atoms with E-state index in [0.29, 0.717) is 0 Å². The van der Waals surface area contributed by atoms with Gasteiger partial charge in [0, 0.05) is 37.8 Å². The van der Waals surface area contributed by atoms with E-state index in [2.05, 4.69) is 42.7 Å². The molecule has 1 atom stereocenters. The van der Waals surface area contributed by atoms with Crippen molar-refractivity contribution < 1.29 is 0 Å². The summed E-state index contributed by atoms with van der Waals surface area (Å²) in [4.78, 5) is 4.89. The van der Waals surface area contributed by atoms with E-state index in [1.54, 1.807) is 0 Å². The molecule has 3 nitrogen and oxygen atoms in total. The second kappa shape index (κ2) is 5.92. The van der Waals surface area contributed by atoms with Gasteiger partial charge in [-0.25, -0.2) is 0 Å². The van der Waals surface area contributed by atoms with Crippen LogP contribution in [0.2, 0.25) is 5.02 Å². The molecular weight excluding hydrogens is 270 g/mol. The van der Waals surface area contributed by atoms with Gasteiger partial charge < -0.3 is 10.6 Å². The monoisotopic (exact) mass is 295 g/mol. The number of anilines is 1. The molecule has 2 rings (SSSR count). The molecule has 1 fully saturated rings. The molecule has 1 aliphatic heterocycles. The van der Waals surface area contributed by atoms with Crippen molar-refractivity contribution in [1.29, 1.82) is 0 Å². The highest BCUT2D eigenvalue weighted by Gasteiger charge is 2.26. The van der Waals surface area contributed by atoms with Gasteiger partial charge in [-0.2, -0.15) is 0 Å². The van der Waals surface area contributed by atoms with Gasteiger partial charge in [0.15, 0.2) is 0 Å². The molecule has 1 saturated heterocycles. The lowest BCUT2D eigenvalue weighted by Gasteiger charge is -2.43. The predicted octanol–water partition coefficient (Wildman–Crippen LogP) is 3.28. The highest BCUT2D eigenvalue weighted by atomic mass is 35.5.